The van der Waals surface area contributed by atoms with E-state index in [-0.39, 0.29) is 18.6 Å². The van der Waals surface area contributed by atoms with E-state index in [0.717, 1.165) is 6.42 Å². The van der Waals surface area contributed by atoms with Crippen LogP contribution in [0.3, 0.4) is 0 Å². The maximum Gasteiger partial charge on any atom is 0.258 e. The Kier molecular flexibility index (Phi) is 6.58. The van der Waals surface area contributed by atoms with Crippen LogP contribution in [0, 0.1) is 5.92 Å². The summed E-state index contributed by atoms with van der Waals surface area (Å²) in [6, 6.07) is 9.29. The fraction of sp³-hybridized carbons (Fsp3) is 0.500. The number of para-hydroxylation sites is 1. The number of ether oxygens (including phenoxy) is 1. The van der Waals surface area contributed by atoms with E-state index in [1.54, 1.807) is 0 Å². The molecule has 0 spiro atoms. The van der Waals surface area contributed by atoms with E-state index in [1.165, 1.54) is 0 Å². The number of carbonyl (C=O) groups is 1. The number of carbonyl (C=O) groups excluding carboxylic acids is 1. The van der Waals surface area contributed by atoms with Gasteiger partial charge in [-0.15, -0.1) is 11.6 Å². The van der Waals surface area contributed by atoms with Gasteiger partial charge < -0.3 is 10.1 Å². The van der Waals surface area contributed by atoms with Crippen LogP contribution in [0.15, 0.2) is 30.3 Å². The highest BCUT2D eigenvalue weighted by atomic mass is 35.5. The van der Waals surface area contributed by atoms with Crippen molar-refractivity contribution in [3.05, 3.63) is 30.3 Å². The first-order chi connectivity index (χ1) is 8.61. The Balaban J connectivity index is 2.32. The summed E-state index contributed by atoms with van der Waals surface area (Å²) >= 11 is 5.82. The zero-order valence-corrected chi connectivity index (χ0v) is 11.6. The molecule has 18 heavy (non-hydrogen) atoms. The van der Waals surface area contributed by atoms with Gasteiger partial charge in [0.25, 0.3) is 5.91 Å². The maximum absolute atomic E-state index is 11.7. The van der Waals surface area contributed by atoms with Gasteiger partial charge in [0, 0.05) is 11.9 Å². The lowest BCUT2D eigenvalue weighted by Gasteiger charge is -2.18. The van der Waals surface area contributed by atoms with E-state index in [2.05, 4.69) is 19.2 Å². The van der Waals surface area contributed by atoms with E-state index in [4.69, 9.17) is 16.3 Å². The molecule has 0 saturated heterocycles. The molecule has 100 valence electrons. The monoisotopic (exact) mass is 269 g/mol. The SMILES string of the molecule is CC(C)CC(CCl)NC(=O)COc1ccccc1. The second kappa shape index (κ2) is 7.98. The van der Waals surface area contributed by atoms with Gasteiger partial charge >= 0.3 is 0 Å². The summed E-state index contributed by atoms with van der Waals surface area (Å²) in [7, 11) is 0. The van der Waals surface area contributed by atoms with E-state index < -0.39 is 0 Å². The molecule has 0 aliphatic rings. The van der Waals surface area contributed by atoms with Crippen molar-refractivity contribution < 1.29 is 9.53 Å². The van der Waals surface area contributed by atoms with Gasteiger partial charge in [0.2, 0.25) is 0 Å². The minimum absolute atomic E-state index is 0.0125. The van der Waals surface area contributed by atoms with Crippen molar-refractivity contribution >= 4 is 17.5 Å². The van der Waals surface area contributed by atoms with Crippen molar-refractivity contribution in [3.8, 4) is 5.75 Å². The number of halogens is 1. The largest absolute Gasteiger partial charge is 0.484 e. The minimum Gasteiger partial charge on any atom is -0.484 e. The smallest absolute Gasteiger partial charge is 0.258 e. The van der Waals surface area contributed by atoms with Crippen LogP contribution < -0.4 is 10.1 Å². The first-order valence-corrected chi connectivity index (χ1v) is 6.68. The van der Waals surface area contributed by atoms with Crippen molar-refractivity contribution in [1.29, 1.82) is 0 Å². The summed E-state index contributed by atoms with van der Waals surface area (Å²) in [6.45, 7) is 4.23. The minimum atomic E-state index is -0.134. The molecule has 1 amide bonds. The first-order valence-electron chi connectivity index (χ1n) is 6.15. The average molecular weight is 270 g/mol. The maximum atomic E-state index is 11.7. The molecule has 1 aromatic carbocycles. The quantitative estimate of drug-likeness (QED) is 0.773. The third-order valence-corrected chi connectivity index (χ3v) is 2.79. The van der Waals surface area contributed by atoms with Gasteiger partial charge in [-0.25, -0.2) is 0 Å². The first kappa shape index (κ1) is 14.8. The Morgan fingerprint density at radius 1 is 1.33 bits per heavy atom. The molecule has 1 N–H and O–H groups in total. The van der Waals surface area contributed by atoms with Gasteiger partial charge in [0.1, 0.15) is 5.75 Å². The molecule has 0 fully saturated rings. The summed E-state index contributed by atoms with van der Waals surface area (Å²) in [4.78, 5) is 11.7. The zero-order chi connectivity index (χ0) is 13.4. The second-order valence-corrected chi connectivity index (χ2v) is 4.96. The van der Waals surface area contributed by atoms with Gasteiger partial charge in [-0.3, -0.25) is 4.79 Å². The van der Waals surface area contributed by atoms with Crippen LogP contribution in [-0.4, -0.2) is 24.4 Å². The predicted molar refractivity (Wildman–Crippen MR) is 74.0 cm³/mol. The summed E-state index contributed by atoms with van der Waals surface area (Å²) in [5, 5.41) is 2.87. The van der Waals surface area contributed by atoms with Gasteiger partial charge in [-0.05, 0) is 24.5 Å². The number of benzene rings is 1. The summed E-state index contributed by atoms with van der Waals surface area (Å²) in [5.41, 5.74) is 0. The molecule has 1 unspecified atom stereocenters. The molecule has 0 aromatic heterocycles. The van der Waals surface area contributed by atoms with Crippen LogP contribution in [0.2, 0.25) is 0 Å². The Hall–Kier alpha value is -1.22. The lowest BCUT2D eigenvalue weighted by atomic mass is 10.1. The molecule has 0 bridgehead atoms. The molecule has 0 saturated carbocycles. The fourth-order valence-corrected chi connectivity index (χ4v) is 1.87. The topological polar surface area (TPSA) is 38.3 Å². The predicted octanol–water partition coefficient (Wildman–Crippen LogP) is 2.84. The molecule has 0 aliphatic heterocycles. The van der Waals surface area contributed by atoms with Crippen molar-refractivity contribution in [2.75, 3.05) is 12.5 Å². The molecular formula is C14H20ClNO2. The van der Waals surface area contributed by atoms with Crippen LogP contribution in [0.1, 0.15) is 20.3 Å². The molecule has 0 heterocycles. The highest BCUT2D eigenvalue weighted by Crippen LogP contribution is 2.08. The fourth-order valence-electron chi connectivity index (χ4n) is 1.66. The van der Waals surface area contributed by atoms with E-state index >= 15 is 0 Å². The average Bonchev–Trinajstić information content (AvgIpc) is 2.36. The zero-order valence-electron chi connectivity index (χ0n) is 10.9. The lowest BCUT2D eigenvalue weighted by Crippen LogP contribution is -2.39. The molecule has 1 atom stereocenters. The molecule has 1 rings (SSSR count). The van der Waals surface area contributed by atoms with Crippen LogP contribution in [0.4, 0.5) is 0 Å². The van der Waals surface area contributed by atoms with Crippen molar-refractivity contribution in [2.45, 2.75) is 26.3 Å². The van der Waals surface area contributed by atoms with Gasteiger partial charge in [0.05, 0.1) is 0 Å². The number of hydrogen-bond donors (Lipinski definition) is 1. The molecular weight excluding hydrogens is 250 g/mol. The van der Waals surface area contributed by atoms with Crippen LogP contribution in [-0.2, 0) is 4.79 Å². The van der Waals surface area contributed by atoms with Crippen molar-refractivity contribution in [1.82, 2.24) is 5.32 Å². The van der Waals surface area contributed by atoms with Crippen LogP contribution in [0.5, 0.6) is 5.75 Å². The number of alkyl halides is 1. The highest BCUT2D eigenvalue weighted by molar-refractivity contribution is 6.18. The molecule has 0 aliphatic carbocycles. The van der Waals surface area contributed by atoms with E-state index in [1.807, 2.05) is 30.3 Å². The molecule has 3 nitrogen and oxygen atoms in total. The van der Waals surface area contributed by atoms with Gasteiger partial charge in [-0.1, -0.05) is 32.0 Å². The number of hydrogen-bond acceptors (Lipinski definition) is 2. The third kappa shape index (κ3) is 5.92. The standard InChI is InChI=1S/C14H20ClNO2/c1-11(2)8-12(9-15)16-14(17)10-18-13-6-4-3-5-7-13/h3-7,11-12H,8-10H2,1-2H3,(H,16,17). The summed E-state index contributed by atoms with van der Waals surface area (Å²) in [6.07, 6.45) is 0.876. The van der Waals surface area contributed by atoms with Crippen LogP contribution in [0.25, 0.3) is 0 Å². The van der Waals surface area contributed by atoms with E-state index in [9.17, 15) is 4.79 Å². The Morgan fingerprint density at radius 2 is 2.00 bits per heavy atom. The number of amides is 1. The normalized spacial score (nSPS) is 12.2. The van der Waals surface area contributed by atoms with Gasteiger partial charge in [0.15, 0.2) is 6.61 Å². The number of nitrogens with one attached hydrogen (secondary N) is 1. The second-order valence-electron chi connectivity index (χ2n) is 4.65. The van der Waals surface area contributed by atoms with Crippen LogP contribution >= 0.6 is 11.6 Å². The third-order valence-electron chi connectivity index (χ3n) is 2.42. The van der Waals surface area contributed by atoms with Gasteiger partial charge in [-0.2, -0.15) is 0 Å². The molecule has 0 radical (unpaired) electrons. The summed E-state index contributed by atoms with van der Waals surface area (Å²) in [5.74, 6) is 1.49. The molecule has 4 heteroatoms. The number of rotatable bonds is 7. The van der Waals surface area contributed by atoms with Crippen molar-refractivity contribution in [3.63, 3.8) is 0 Å². The Labute approximate surface area is 113 Å². The summed E-state index contributed by atoms with van der Waals surface area (Å²) < 4.78 is 5.36. The Morgan fingerprint density at radius 3 is 2.56 bits per heavy atom. The molecule has 1 aromatic rings. The Bertz CT molecular complexity index is 354. The highest BCUT2D eigenvalue weighted by Gasteiger charge is 2.13. The lowest BCUT2D eigenvalue weighted by molar-refractivity contribution is -0.123. The van der Waals surface area contributed by atoms with Crippen molar-refractivity contribution in [2.24, 2.45) is 5.92 Å². The van der Waals surface area contributed by atoms with E-state index in [0.29, 0.717) is 17.5 Å².